The van der Waals surface area contributed by atoms with Crippen molar-refractivity contribution in [2.45, 2.75) is 60.1 Å². The van der Waals surface area contributed by atoms with Crippen LogP contribution in [0.5, 0.6) is 0 Å². The summed E-state index contributed by atoms with van der Waals surface area (Å²) in [4.78, 5) is 11.8. The molecule has 6 heteroatoms. The largest absolute Gasteiger partial charge is 0.393 e. The van der Waals surface area contributed by atoms with Gasteiger partial charge in [-0.25, -0.2) is 4.79 Å². The summed E-state index contributed by atoms with van der Waals surface area (Å²) >= 11 is 0. The van der Waals surface area contributed by atoms with E-state index in [0.717, 1.165) is 24.4 Å². The van der Waals surface area contributed by atoms with Crippen molar-refractivity contribution in [2.24, 2.45) is 5.41 Å². The zero-order chi connectivity index (χ0) is 16.8. The minimum absolute atomic E-state index is 0.116. The third-order valence-electron chi connectivity index (χ3n) is 3.51. The normalized spacial score (nSPS) is 13.0. The van der Waals surface area contributed by atoms with Gasteiger partial charge in [-0.1, -0.05) is 13.8 Å². The van der Waals surface area contributed by atoms with E-state index in [1.165, 1.54) is 0 Å². The summed E-state index contributed by atoms with van der Waals surface area (Å²) < 4.78 is 1.96. The van der Waals surface area contributed by atoms with Crippen molar-refractivity contribution in [3.05, 3.63) is 17.5 Å². The Kier molecular flexibility index (Phi) is 6.87. The van der Waals surface area contributed by atoms with Gasteiger partial charge in [0.1, 0.15) is 0 Å². The fourth-order valence-electron chi connectivity index (χ4n) is 2.59. The molecular formula is C16H30N4O2. The third-order valence-corrected chi connectivity index (χ3v) is 3.51. The topological polar surface area (TPSA) is 79.2 Å². The lowest BCUT2D eigenvalue weighted by molar-refractivity contribution is 0.129. The van der Waals surface area contributed by atoms with Crippen LogP contribution in [0.4, 0.5) is 4.79 Å². The van der Waals surface area contributed by atoms with Gasteiger partial charge in [0.2, 0.25) is 0 Å². The molecular weight excluding hydrogens is 280 g/mol. The van der Waals surface area contributed by atoms with Crippen LogP contribution < -0.4 is 10.6 Å². The van der Waals surface area contributed by atoms with Crippen LogP contribution in [0.25, 0.3) is 0 Å². The number of aliphatic hydroxyl groups is 1. The molecule has 0 aliphatic rings. The van der Waals surface area contributed by atoms with Crippen LogP contribution in [0, 0.1) is 19.3 Å². The van der Waals surface area contributed by atoms with E-state index < -0.39 is 0 Å². The summed E-state index contributed by atoms with van der Waals surface area (Å²) in [6, 6.07) is 1.89. The van der Waals surface area contributed by atoms with Crippen molar-refractivity contribution in [1.29, 1.82) is 0 Å². The average Bonchev–Trinajstić information content (AvgIpc) is 2.69. The lowest BCUT2D eigenvalue weighted by Crippen LogP contribution is -2.42. The van der Waals surface area contributed by atoms with Crippen molar-refractivity contribution >= 4 is 6.03 Å². The lowest BCUT2D eigenvalue weighted by atomic mass is 9.87. The summed E-state index contributed by atoms with van der Waals surface area (Å²) in [6.07, 6.45) is 1.14. The molecule has 1 rings (SSSR count). The lowest BCUT2D eigenvalue weighted by Gasteiger charge is -2.26. The summed E-state index contributed by atoms with van der Waals surface area (Å²) in [5.41, 5.74) is 2.04. The molecule has 0 aliphatic carbocycles. The second-order valence-corrected chi connectivity index (χ2v) is 6.83. The van der Waals surface area contributed by atoms with Crippen LogP contribution >= 0.6 is 0 Å². The molecule has 0 bridgehead atoms. The molecule has 1 aromatic heterocycles. The highest BCUT2D eigenvalue weighted by Gasteiger charge is 2.20. The summed E-state index contributed by atoms with van der Waals surface area (Å²) in [5.74, 6) is 0. The molecule has 1 aromatic rings. The molecule has 1 heterocycles. The fourth-order valence-corrected chi connectivity index (χ4v) is 2.59. The number of carbonyl (C=O) groups is 1. The van der Waals surface area contributed by atoms with E-state index in [-0.39, 0.29) is 17.6 Å². The van der Waals surface area contributed by atoms with Gasteiger partial charge >= 0.3 is 6.03 Å². The quantitative estimate of drug-likeness (QED) is 0.642. The van der Waals surface area contributed by atoms with Crippen LogP contribution in [0.3, 0.4) is 0 Å². The zero-order valence-electron chi connectivity index (χ0n) is 14.4. The Bertz CT molecular complexity index is 480. The van der Waals surface area contributed by atoms with E-state index in [1.54, 1.807) is 6.92 Å². The number of hydrogen-bond donors (Lipinski definition) is 3. The summed E-state index contributed by atoms with van der Waals surface area (Å²) in [6.45, 7) is 11.8. The summed E-state index contributed by atoms with van der Waals surface area (Å²) in [5, 5.41) is 19.5. The van der Waals surface area contributed by atoms with Crippen LogP contribution in [-0.4, -0.2) is 40.1 Å². The number of amides is 2. The Hall–Kier alpha value is -1.56. The number of nitrogens with one attached hydrogen (secondary N) is 2. The van der Waals surface area contributed by atoms with E-state index in [0.29, 0.717) is 19.5 Å². The van der Waals surface area contributed by atoms with Gasteiger partial charge in [0.25, 0.3) is 0 Å². The van der Waals surface area contributed by atoms with Gasteiger partial charge < -0.3 is 15.7 Å². The SMILES string of the molecule is Cc1cc(C)n(CCCNC(=O)NCC(C)(C)CC(C)O)n1. The van der Waals surface area contributed by atoms with Gasteiger partial charge in [0, 0.05) is 25.3 Å². The third kappa shape index (κ3) is 6.93. The first kappa shape index (κ1) is 18.5. The van der Waals surface area contributed by atoms with E-state index in [9.17, 15) is 9.90 Å². The maximum absolute atomic E-state index is 11.8. The molecule has 0 aromatic carbocycles. The Balaban J connectivity index is 2.20. The molecule has 0 fully saturated rings. The number of urea groups is 1. The Morgan fingerprint density at radius 1 is 1.41 bits per heavy atom. The zero-order valence-corrected chi connectivity index (χ0v) is 14.4. The number of rotatable bonds is 8. The monoisotopic (exact) mass is 310 g/mol. The minimum Gasteiger partial charge on any atom is -0.393 e. The van der Waals surface area contributed by atoms with Crippen LogP contribution in [0.15, 0.2) is 6.07 Å². The second kappa shape index (κ2) is 8.17. The number of carbonyl (C=O) groups excluding carboxylic acids is 1. The van der Waals surface area contributed by atoms with Gasteiger partial charge in [-0.15, -0.1) is 0 Å². The number of aromatic nitrogens is 2. The smallest absolute Gasteiger partial charge is 0.314 e. The van der Waals surface area contributed by atoms with E-state index in [1.807, 2.05) is 38.4 Å². The van der Waals surface area contributed by atoms with Gasteiger partial charge in [-0.3, -0.25) is 4.68 Å². The van der Waals surface area contributed by atoms with E-state index in [2.05, 4.69) is 15.7 Å². The molecule has 22 heavy (non-hydrogen) atoms. The molecule has 0 saturated carbocycles. The van der Waals surface area contributed by atoms with E-state index in [4.69, 9.17) is 0 Å². The maximum Gasteiger partial charge on any atom is 0.314 e. The molecule has 1 atom stereocenters. The van der Waals surface area contributed by atoms with Crippen molar-refractivity contribution < 1.29 is 9.90 Å². The predicted molar refractivity (Wildman–Crippen MR) is 87.8 cm³/mol. The first-order valence-electron chi connectivity index (χ1n) is 7.90. The molecule has 0 aliphatic heterocycles. The van der Waals surface area contributed by atoms with Crippen molar-refractivity contribution in [1.82, 2.24) is 20.4 Å². The van der Waals surface area contributed by atoms with Crippen molar-refractivity contribution in [2.75, 3.05) is 13.1 Å². The van der Waals surface area contributed by atoms with Crippen LogP contribution in [-0.2, 0) is 6.54 Å². The van der Waals surface area contributed by atoms with Gasteiger partial charge in [-0.05, 0) is 45.1 Å². The predicted octanol–water partition coefficient (Wildman–Crippen LogP) is 1.99. The molecule has 126 valence electrons. The fraction of sp³-hybridized carbons (Fsp3) is 0.750. The van der Waals surface area contributed by atoms with Gasteiger partial charge in [0.05, 0.1) is 11.8 Å². The van der Waals surface area contributed by atoms with Gasteiger partial charge in [0.15, 0.2) is 0 Å². The minimum atomic E-state index is -0.361. The van der Waals surface area contributed by atoms with E-state index >= 15 is 0 Å². The summed E-state index contributed by atoms with van der Waals surface area (Å²) in [7, 11) is 0. The Morgan fingerprint density at radius 3 is 2.64 bits per heavy atom. The van der Waals surface area contributed by atoms with Crippen LogP contribution in [0.1, 0.15) is 45.0 Å². The number of aliphatic hydroxyl groups excluding tert-OH is 1. The highest BCUT2D eigenvalue weighted by atomic mass is 16.3. The Labute approximate surface area is 133 Å². The van der Waals surface area contributed by atoms with Crippen LogP contribution in [0.2, 0.25) is 0 Å². The molecule has 0 radical (unpaired) electrons. The van der Waals surface area contributed by atoms with Crippen molar-refractivity contribution in [3.8, 4) is 0 Å². The highest BCUT2D eigenvalue weighted by Crippen LogP contribution is 2.20. The standard InChI is InChI=1S/C16H30N4O2/c1-12-9-13(2)20(19-12)8-6-7-17-15(22)18-11-16(4,5)10-14(3)21/h9,14,21H,6-8,10-11H2,1-5H3,(H2,17,18,22). The average molecular weight is 310 g/mol. The number of nitrogens with zero attached hydrogens (tertiary/aromatic N) is 2. The Morgan fingerprint density at radius 2 is 2.09 bits per heavy atom. The first-order chi connectivity index (χ1) is 10.2. The number of aryl methyl sites for hydroxylation is 3. The first-order valence-corrected chi connectivity index (χ1v) is 7.90. The molecule has 6 nitrogen and oxygen atoms in total. The highest BCUT2D eigenvalue weighted by molar-refractivity contribution is 5.73. The number of hydrogen-bond acceptors (Lipinski definition) is 3. The molecule has 3 N–H and O–H groups in total. The molecule has 1 unspecified atom stereocenters. The molecule has 2 amide bonds. The van der Waals surface area contributed by atoms with Crippen molar-refractivity contribution in [3.63, 3.8) is 0 Å². The molecule has 0 saturated heterocycles. The van der Waals surface area contributed by atoms with Gasteiger partial charge in [-0.2, -0.15) is 5.10 Å². The molecule has 0 spiro atoms. The maximum atomic E-state index is 11.8. The second-order valence-electron chi connectivity index (χ2n) is 6.83.